The lowest BCUT2D eigenvalue weighted by molar-refractivity contribution is 0.0674. The van der Waals surface area contributed by atoms with Crippen LogP contribution in [0.1, 0.15) is 31.5 Å². The minimum absolute atomic E-state index is 0. The molecule has 7 nitrogen and oxygen atoms in total. The third kappa shape index (κ3) is 4.89. The SMILES string of the molecule is CC(C)c1noc(CCN=C(N)N2CCOCC2)n1.I. The second-order valence-corrected chi connectivity index (χ2v) is 4.79. The predicted octanol–water partition coefficient (Wildman–Crippen LogP) is 1.00. The van der Waals surface area contributed by atoms with Gasteiger partial charge >= 0.3 is 0 Å². The number of aromatic nitrogens is 2. The number of hydrogen-bond donors (Lipinski definition) is 1. The number of morpholine rings is 1. The van der Waals surface area contributed by atoms with Gasteiger partial charge in [0.05, 0.1) is 19.8 Å². The molecular formula is C12H22IN5O2. The summed E-state index contributed by atoms with van der Waals surface area (Å²) in [6.07, 6.45) is 0.616. The Balaban J connectivity index is 0.00000200. The molecule has 2 rings (SSSR count). The van der Waals surface area contributed by atoms with E-state index < -0.39 is 0 Å². The summed E-state index contributed by atoms with van der Waals surface area (Å²) in [5.41, 5.74) is 5.92. The monoisotopic (exact) mass is 395 g/mol. The van der Waals surface area contributed by atoms with Gasteiger partial charge in [0.1, 0.15) is 0 Å². The van der Waals surface area contributed by atoms with Crippen LogP contribution in [-0.2, 0) is 11.2 Å². The quantitative estimate of drug-likeness (QED) is 0.465. The molecule has 0 amide bonds. The predicted molar refractivity (Wildman–Crippen MR) is 86.4 cm³/mol. The summed E-state index contributed by atoms with van der Waals surface area (Å²) in [7, 11) is 0. The van der Waals surface area contributed by atoms with Gasteiger partial charge < -0.3 is 19.9 Å². The number of nitrogens with two attached hydrogens (primary N) is 1. The van der Waals surface area contributed by atoms with Crippen LogP contribution in [0.25, 0.3) is 0 Å². The van der Waals surface area contributed by atoms with E-state index in [1.54, 1.807) is 0 Å². The Morgan fingerprint density at radius 2 is 2.10 bits per heavy atom. The molecule has 1 aliphatic rings. The Bertz CT molecular complexity index is 429. The molecular weight excluding hydrogens is 373 g/mol. The highest BCUT2D eigenvalue weighted by Crippen LogP contribution is 2.09. The number of hydrogen-bond acceptors (Lipinski definition) is 5. The van der Waals surface area contributed by atoms with Gasteiger partial charge in [-0.15, -0.1) is 24.0 Å². The van der Waals surface area contributed by atoms with Crippen LogP contribution in [0.2, 0.25) is 0 Å². The number of rotatable bonds is 4. The maximum atomic E-state index is 5.92. The maximum absolute atomic E-state index is 5.92. The van der Waals surface area contributed by atoms with E-state index in [0.717, 1.165) is 18.9 Å². The van der Waals surface area contributed by atoms with Crippen molar-refractivity contribution in [3.63, 3.8) is 0 Å². The molecule has 1 saturated heterocycles. The summed E-state index contributed by atoms with van der Waals surface area (Å²) in [6.45, 7) is 7.63. The average Bonchev–Trinajstić information content (AvgIpc) is 2.89. The first kappa shape index (κ1) is 17.2. The molecule has 1 fully saturated rings. The molecule has 0 aliphatic carbocycles. The van der Waals surface area contributed by atoms with Crippen LogP contribution in [0.5, 0.6) is 0 Å². The summed E-state index contributed by atoms with van der Waals surface area (Å²) in [5, 5.41) is 3.91. The van der Waals surface area contributed by atoms with Crippen LogP contribution < -0.4 is 5.73 Å². The Morgan fingerprint density at radius 1 is 1.40 bits per heavy atom. The molecule has 8 heteroatoms. The summed E-state index contributed by atoms with van der Waals surface area (Å²) < 4.78 is 10.4. The van der Waals surface area contributed by atoms with Crippen molar-refractivity contribution < 1.29 is 9.26 Å². The third-order valence-electron chi connectivity index (χ3n) is 2.93. The van der Waals surface area contributed by atoms with Crippen LogP contribution in [0, 0.1) is 0 Å². The Labute approximate surface area is 136 Å². The number of aliphatic imine (C=N–C) groups is 1. The van der Waals surface area contributed by atoms with Crippen molar-refractivity contribution >= 4 is 29.9 Å². The van der Waals surface area contributed by atoms with E-state index in [0.29, 0.717) is 38.0 Å². The largest absolute Gasteiger partial charge is 0.378 e. The highest BCUT2D eigenvalue weighted by molar-refractivity contribution is 14.0. The van der Waals surface area contributed by atoms with Crippen LogP contribution in [0.4, 0.5) is 0 Å². The van der Waals surface area contributed by atoms with Crippen LogP contribution in [-0.4, -0.2) is 53.8 Å². The van der Waals surface area contributed by atoms with E-state index in [1.807, 2.05) is 18.7 Å². The molecule has 0 unspecified atom stereocenters. The maximum Gasteiger partial charge on any atom is 0.228 e. The van der Waals surface area contributed by atoms with Gasteiger partial charge in [0.15, 0.2) is 11.8 Å². The molecule has 0 bridgehead atoms. The molecule has 114 valence electrons. The molecule has 0 aromatic carbocycles. The first-order chi connectivity index (χ1) is 9.16. The van der Waals surface area contributed by atoms with Crippen LogP contribution in [0.3, 0.4) is 0 Å². The molecule has 2 N–H and O–H groups in total. The van der Waals surface area contributed by atoms with E-state index in [-0.39, 0.29) is 29.9 Å². The molecule has 1 aromatic rings. The van der Waals surface area contributed by atoms with Crippen molar-refractivity contribution in [2.24, 2.45) is 10.7 Å². The van der Waals surface area contributed by atoms with Gasteiger partial charge in [-0.25, -0.2) is 0 Å². The van der Waals surface area contributed by atoms with Gasteiger partial charge in [-0.3, -0.25) is 4.99 Å². The van der Waals surface area contributed by atoms with Gasteiger partial charge in [-0.05, 0) is 0 Å². The lowest BCUT2D eigenvalue weighted by atomic mass is 10.2. The van der Waals surface area contributed by atoms with E-state index in [9.17, 15) is 0 Å². The van der Waals surface area contributed by atoms with Crippen molar-refractivity contribution in [2.45, 2.75) is 26.2 Å². The van der Waals surface area contributed by atoms with Crippen molar-refractivity contribution in [1.82, 2.24) is 15.0 Å². The fourth-order valence-electron chi connectivity index (χ4n) is 1.76. The second kappa shape index (κ2) is 8.40. The van der Waals surface area contributed by atoms with Gasteiger partial charge in [-0.2, -0.15) is 4.98 Å². The lowest BCUT2D eigenvalue weighted by Gasteiger charge is -2.27. The number of ether oxygens (including phenoxy) is 1. The van der Waals surface area contributed by atoms with Crippen LogP contribution >= 0.6 is 24.0 Å². The van der Waals surface area contributed by atoms with Gasteiger partial charge in [0.2, 0.25) is 5.89 Å². The highest BCUT2D eigenvalue weighted by atomic mass is 127. The highest BCUT2D eigenvalue weighted by Gasteiger charge is 2.12. The molecule has 2 heterocycles. The van der Waals surface area contributed by atoms with E-state index in [1.165, 1.54) is 0 Å². The fraction of sp³-hybridized carbons (Fsp3) is 0.750. The topological polar surface area (TPSA) is 89.8 Å². The van der Waals surface area contributed by atoms with Crippen LogP contribution in [0.15, 0.2) is 9.52 Å². The van der Waals surface area contributed by atoms with Crippen molar-refractivity contribution in [2.75, 3.05) is 32.8 Å². The third-order valence-corrected chi connectivity index (χ3v) is 2.93. The molecule has 0 atom stereocenters. The summed E-state index contributed by atoms with van der Waals surface area (Å²) in [4.78, 5) is 10.7. The summed E-state index contributed by atoms with van der Waals surface area (Å²) in [6, 6.07) is 0. The fourth-order valence-corrected chi connectivity index (χ4v) is 1.76. The molecule has 1 aliphatic heterocycles. The zero-order valence-electron chi connectivity index (χ0n) is 11.9. The van der Waals surface area contributed by atoms with Crippen molar-refractivity contribution in [3.8, 4) is 0 Å². The standard InChI is InChI=1S/C12H21N5O2.HI/c1-9(2)11-15-10(19-16-11)3-4-14-12(13)17-5-7-18-8-6-17;/h9H,3-8H2,1-2H3,(H2,13,14);1H. The smallest absolute Gasteiger partial charge is 0.228 e. The van der Waals surface area contributed by atoms with Crippen molar-refractivity contribution in [1.29, 1.82) is 0 Å². The normalized spacial score (nSPS) is 16.4. The lowest BCUT2D eigenvalue weighted by Crippen LogP contribution is -2.44. The second-order valence-electron chi connectivity index (χ2n) is 4.79. The minimum atomic E-state index is 0. The first-order valence-corrected chi connectivity index (χ1v) is 6.62. The number of guanidine groups is 1. The van der Waals surface area contributed by atoms with E-state index in [2.05, 4.69) is 15.1 Å². The van der Waals surface area contributed by atoms with Gasteiger partial charge in [-0.1, -0.05) is 19.0 Å². The molecule has 0 saturated carbocycles. The first-order valence-electron chi connectivity index (χ1n) is 6.62. The number of halogens is 1. The molecule has 0 spiro atoms. The zero-order valence-corrected chi connectivity index (χ0v) is 14.2. The Hall–Kier alpha value is -0.900. The van der Waals surface area contributed by atoms with Crippen molar-refractivity contribution in [3.05, 3.63) is 11.7 Å². The van der Waals surface area contributed by atoms with Gasteiger partial charge in [0, 0.05) is 25.4 Å². The average molecular weight is 395 g/mol. The van der Waals surface area contributed by atoms with Gasteiger partial charge in [0.25, 0.3) is 0 Å². The summed E-state index contributed by atoms with van der Waals surface area (Å²) in [5.74, 6) is 2.19. The van der Waals surface area contributed by atoms with E-state index in [4.69, 9.17) is 15.0 Å². The molecule has 1 aromatic heterocycles. The Morgan fingerprint density at radius 3 is 2.70 bits per heavy atom. The minimum Gasteiger partial charge on any atom is -0.378 e. The summed E-state index contributed by atoms with van der Waals surface area (Å²) >= 11 is 0. The zero-order chi connectivity index (χ0) is 13.7. The Kier molecular flexibility index (Phi) is 7.20. The van der Waals surface area contributed by atoms with E-state index >= 15 is 0 Å². The number of nitrogens with zero attached hydrogens (tertiary/aromatic N) is 4. The molecule has 20 heavy (non-hydrogen) atoms. The molecule has 0 radical (unpaired) electrons.